The number of nitrogens with one attached hydrogen (secondary N) is 2. The number of carbonyl (C=O) groups excluding carboxylic acids is 2. The molecule has 0 radical (unpaired) electrons. The highest BCUT2D eigenvalue weighted by Crippen LogP contribution is 2.19. The molecule has 1 aliphatic heterocycles. The Morgan fingerprint density at radius 1 is 1.24 bits per heavy atom. The van der Waals surface area contributed by atoms with Crippen molar-refractivity contribution < 1.29 is 9.59 Å². The van der Waals surface area contributed by atoms with Gasteiger partial charge in [-0.15, -0.1) is 0 Å². The Balaban J connectivity index is 1.84. The van der Waals surface area contributed by atoms with Gasteiger partial charge in [-0.25, -0.2) is 4.79 Å². The molecule has 1 aliphatic rings. The standard InChI is InChI=1S/C19H26N4O2/c1-13(2)14(3)21-18(24)16-7-9-23(10-8-16)19(25)22-17-6-4-5-15(11-17)12-20/h4-6,11,13-14,16H,7-10H2,1-3H3,(H,21,24)(H,22,25)/t14-/m0/s1. The van der Waals surface area contributed by atoms with Gasteiger partial charge < -0.3 is 15.5 Å². The van der Waals surface area contributed by atoms with Gasteiger partial charge in [0, 0.05) is 30.7 Å². The van der Waals surface area contributed by atoms with E-state index >= 15 is 0 Å². The lowest BCUT2D eigenvalue weighted by molar-refractivity contribution is -0.127. The number of benzene rings is 1. The van der Waals surface area contributed by atoms with Gasteiger partial charge in [0.05, 0.1) is 11.6 Å². The normalized spacial score (nSPS) is 16.2. The molecule has 134 valence electrons. The Labute approximate surface area is 149 Å². The van der Waals surface area contributed by atoms with Crippen LogP contribution in [0.3, 0.4) is 0 Å². The van der Waals surface area contributed by atoms with Gasteiger partial charge >= 0.3 is 6.03 Å². The second kappa shape index (κ2) is 8.52. The summed E-state index contributed by atoms with van der Waals surface area (Å²) in [5.41, 5.74) is 1.11. The predicted octanol–water partition coefficient (Wildman–Crippen LogP) is 2.96. The fourth-order valence-corrected chi connectivity index (χ4v) is 2.72. The van der Waals surface area contributed by atoms with E-state index in [-0.39, 0.29) is 23.9 Å². The van der Waals surface area contributed by atoms with Gasteiger partial charge in [0.2, 0.25) is 5.91 Å². The summed E-state index contributed by atoms with van der Waals surface area (Å²) in [7, 11) is 0. The summed E-state index contributed by atoms with van der Waals surface area (Å²) in [5, 5.41) is 14.8. The smallest absolute Gasteiger partial charge is 0.321 e. The van der Waals surface area contributed by atoms with Gasteiger partial charge in [-0.2, -0.15) is 5.26 Å². The van der Waals surface area contributed by atoms with Crippen LogP contribution in [-0.4, -0.2) is 36.0 Å². The number of amides is 3. The van der Waals surface area contributed by atoms with Crippen LogP contribution in [0, 0.1) is 23.2 Å². The molecule has 1 atom stereocenters. The summed E-state index contributed by atoms with van der Waals surface area (Å²) in [4.78, 5) is 26.3. The minimum Gasteiger partial charge on any atom is -0.353 e. The topological polar surface area (TPSA) is 85.2 Å². The largest absolute Gasteiger partial charge is 0.353 e. The van der Waals surface area contributed by atoms with Crippen LogP contribution in [0.4, 0.5) is 10.5 Å². The van der Waals surface area contributed by atoms with Crippen molar-refractivity contribution in [2.75, 3.05) is 18.4 Å². The molecule has 0 bridgehead atoms. The highest BCUT2D eigenvalue weighted by molar-refractivity contribution is 5.89. The van der Waals surface area contributed by atoms with E-state index in [2.05, 4.69) is 30.6 Å². The van der Waals surface area contributed by atoms with Crippen molar-refractivity contribution in [1.82, 2.24) is 10.2 Å². The van der Waals surface area contributed by atoms with E-state index in [9.17, 15) is 9.59 Å². The quantitative estimate of drug-likeness (QED) is 0.882. The number of piperidine rings is 1. The van der Waals surface area contributed by atoms with Crippen LogP contribution < -0.4 is 10.6 Å². The predicted molar refractivity (Wildman–Crippen MR) is 96.9 cm³/mol. The molecular formula is C19H26N4O2. The molecule has 1 aromatic rings. The molecule has 2 N–H and O–H groups in total. The molecule has 1 saturated heterocycles. The van der Waals surface area contributed by atoms with E-state index < -0.39 is 0 Å². The number of likely N-dealkylation sites (tertiary alicyclic amines) is 1. The number of rotatable bonds is 4. The van der Waals surface area contributed by atoms with Crippen molar-refractivity contribution in [3.8, 4) is 6.07 Å². The van der Waals surface area contributed by atoms with E-state index in [1.54, 1.807) is 29.2 Å². The minimum absolute atomic E-state index is 0.0350. The molecule has 25 heavy (non-hydrogen) atoms. The first kappa shape index (κ1) is 18.8. The lowest BCUT2D eigenvalue weighted by atomic mass is 9.95. The molecular weight excluding hydrogens is 316 g/mol. The highest BCUT2D eigenvalue weighted by atomic mass is 16.2. The van der Waals surface area contributed by atoms with Crippen molar-refractivity contribution in [1.29, 1.82) is 5.26 Å². The van der Waals surface area contributed by atoms with Crippen LogP contribution in [0.1, 0.15) is 39.2 Å². The summed E-state index contributed by atoms with van der Waals surface area (Å²) in [5.74, 6) is 0.453. The first-order chi connectivity index (χ1) is 11.9. The summed E-state index contributed by atoms with van der Waals surface area (Å²) < 4.78 is 0. The maximum Gasteiger partial charge on any atom is 0.321 e. The van der Waals surface area contributed by atoms with E-state index in [4.69, 9.17) is 5.26 Å². The summed E-state index contributed by atoms with van der Waals surface area (Å²) >= 11 is 0. The van der Waals surface area contributed by atoms with Crippen molar-refractivity contribution in [3.63, 3.8) is 0 Å². The fourth-order valence-electron chi connectivity index (χ4n) is 2.72. The molecule has 0 unspecified atom stereocenters. The van der Waals surface area contributed by atoms with Crippen molar-refractivity contribution >= 4 is 17.6 Å². The van der Waals surface area contributed by atoms with Gasteiger partial charge in [-0.05, 0) is 43.9 Å². The molecule has 1 heterocycles. The molecule has 1 fully saturated rings. The summed E-state index contributed by atoms with van der Waals surface area (Å²) in [6.45, 7) is 7.29. The van der Waals surface area contributed by atoms with E-state index in [0.717, 1.165) is 0 Å². The van der Waals surface area contributed by atoms with Crippen LogP contribution in [0.5, 0.6) is 0 Å². The Morgan fingerprint density at radius 2 is 1.92 bits per heavy atom. The van der Waals surface area contributed by atoms with E-state index in [0.29, 0.717) is 43.1 Å². The average molecular weight is 342 g/mol. The van der Waals surface area contributed by atoms with Gasteiger partial charge in [0.1, 0.15) is 0 Å². The van der Waals surface area contributed by atoms with Gasteiger partial charge in [-0.3, -0.25) is 4.79 Å². The average Bonchev–Trinajstić information content (AvgIpc) is 2.61. The third-order valence-electron chi connectivity index (χ3n) is 4.77. The second-order valence-electron chi connectivity index (χ2n) is 6.93. The summed E-state index contributed by atoms with van der Waals surface area (Å²) in [6, 6.07) is 8.85. The van der Waals surface area contributed by atoms with Crippen LogP contribution >= 0.6 is 0 Å². The molecule has 0 saturated carbocycles. The van der Waals surface area contributed by atoms with Crippen LogP contribution in [0.25, 0.3) is 0 Å². The van der Waals surface area contributed by atoms with Crippen molar-refractivity contribution in [2.45, 2.75) is 39.7 Å². The van der Waals surface area contributed by atoms with Crippen LogP contribution in [0.2, 0.25) is 0 Å². The van der Waals surface area contributed by atoms with Gasteiger partial charge in [-0.1, -0.05) is 19.9 Å². The SMILES string of the molecule is CC(C)[C@H](C)NC(=O)C1CCN(C(=O)Nc2cccc(C#N)c2)CC1. The Morgan fingerprint density at radius 3 is 2.52 bits per heavy atom. The molecule has 3 amide bonds. The zero-order valence-corrected chi connectivity index (χ0v) is 15.1. The zero-order valence-electron chi connectivity index (χ0n) is 15.1. The molecule has 6 nitrogen and oxygen atoms in total. The number of hydrogen-bond donors (Lipinski definition) is 2. The Hall–Kier alpha value is -2.55. The minimum atomic E-state index is -0.190. The zero-order chi connectivity index (χ0) is 18.4. The Bertz CT molecular complexity index is 658. The molecule has 0 spiro atoms. The monoisotopic (exact) mass is 342 g/mol. The third-order valence-corrected chi connectivity index (χ3v) is 4.77. The number of anilines is 1. The third kappa shape index (κ3) is 5.21. The number of nitrogens with zero attached hydrogens (tertiary/aromatic N) is 2. The molecule has 2 rings (SSSR count). The molecule has 1 aromatic carbocycles. The van der Waals surface area contributed by atoms with Crippen molar-refractivity contribution in [2.24, 2.45) is 11.8 Å². The lowest BCUT2D eigenvalue weighted by Gasteiger charge is -2.32. The highest BCUT2D eigenvalue weighted by Gasteiger charge is 2.28. The first-order valence-electron chi connectivity index (χ1n) is 8.77. The number of nitriles is 1. The lowest BCUT2D eigenvalue weighted by Crippen LogP contribution is -2.46. The van der Waals surface area contributed by atoms with E-state index in [1.807, 2.05) is 6.92 Å². The first-order valence-corrected chi connectivity index (χ1v) is 8.77. The molecule has 0 aliphatic carbocycles. The molecule has 6 heteroatoms. The Kier molecular flexibility index (Phi) is 6.40. The number of carbonyl (C=O) groups is 2. The van der Waals surface area contributed by atoms with Crippen molar-refractivity contribution in [3.05, 3.63) is 29.8 Å². The number of hydrogen-bond acceptors (Lipinski definition) is 3. The maximum absolute atomic E-state index is 12.3. The van der Waals surface area contributed by atoms with Crippen LogP contribution in [-0.2, 0) is 4.79 Å². The fraction of sp³-hybridized carbons (Fsp3) is 0.526. The second-order valence-corrected chi connectivity index (χ2v) is 6.93. The maximum atomic E-state index is 12.3. The summed E-state index contributed by atoms with van der Waals surface area (Å²) in [6.07, 6.45) is 1.34. The number of urea groups is 1. The van der Waals surface area contributed by atoms with Crippen LogP contribution in [0.15, 0.2) is 24.3 Å². The van der Waals surface area contributed by atoms with Gasteiger partial charge in [0.25, 0.3) is 0 Å². The molecule has 0 aromatic heterocycles. The van der Waals surface area contributed by atoms with Gasteiger partial charge in [0.15, 0.2) is 0 Å². The van der Waals surface area contributed by atoms with E-state index in [1.165, 1.54) is 0 Å².